The van der Waals surface area contributed by atoms with Crippen molar-refractivity contribution >= 4 is 0 Å². The fourth-order valence-corrected chi connectivity index (χ4v) is 2.06. The van der Waals surface area contributed by atoms with Crippen LogP contribution in [0.2, 0.25) is 0 Å². The molecule has 0 spiro atoms. The van der Waals surface area contributed by atoms with E-state index < -0.39 is 12.8 Å². The highest BCUT2D eigenvalue weighted by Gasteiger charge is 2.33. The predicted octanol–water partition coefficient (Wildman–Crippen LogP) is 2.24. The molecule has 1 aliphatic rings. The van der Waals surface area contributed by atoms with Crippen LogP contribution in [0.5, 0.6) is 0 Å². The monoisotopic (exact) mass is 255 g/mol. The third-order valence-corrected chi connectivity index (χ3v) is 2.99. The van der Waals surface area contributed by atoms with Crippen molar-refractivity contribution in [2.24, 2.45) is 5.73 Å². The molecule has 1 saturated carbocycles. The van der Waals surface area contributed by atoms with Gasteiger partial charge in [0.05, 0.1) is 5.60 Å². The molecule has 1 rings (SSSR count). The summed E-state index contributed by atoms with van der Waals surface area (Å²) in [5, 5.41) is 0. The van der Waals surface area contributed by atoms with Gasteiger partial charge in [-0.25, -0.2) is 0 Å². The zero-order valence-corrected chi connectivity index (χ0v) is 9.89. The third kappa shape index (κ3) is 5.70. The van der Waals surface area contributed by atoms with Gasteiger partial charge in [-0.05, 0) is 19.3 Å². The fourth-order valence-electron chi connectivity index (χ4n) is 2.06. The summed E-state index contributed by atoms with van der Waals surface area (Å²) in [6.45, 7) is -0.222. The van der Waals surface area contributed by atoms with Gasteiger partial charge in [-0.2, -0.15) is 13.2 Å². The highest BCUT2D eigenvalue weighted by atomic mass is 19.4. The van der Waals surface area contributed by atoms with E-state index in [0.717, 1.165) is 25.7 Å². The molecule has 17 heavy (non-hydrogen) atoms. The molecule has 2 N–H and O–H groups in total. The number of nitrogens with two attached hydrogens (primary N) is 1. The Hall–Kier alpha value is -0.330. The second-order valence-corrected chi connectivity index (χ2v) is 4.46. The van der Waals surface area contributed by atoms with Crippen LogP contribution in [0.1, 0.15) is 32.1 Å². The van der Waals surface area contributed by atoms with Crippen molar-refractivity contribution in [1.82, 2.24) is 0 Å². The van der Waals surface area contributed by atoms with Crippen molar-refractivity contribution in [3.8, 4) is 0 Å². The van der Waals surface area contributed by atoms with E-state index in [1.807, 2.05) is 0 Å². The molecule has 0 radical (unpaired) electrons. The topological polar surface area (TPSA) is 44.5 Å². The van der Waals surface area contributed by atoms with Gasteiger partial charge < -0.3 is 15.2 Å². The van der Waals surface area contributed by atoms with Crippen LogP contribution in [0.15, 0.2) is 0 Å². The molecule has 0 aromatic heterocycles. The van der Waals surface area contributed by atoms with Crippen LogP contribution in [0.25, 0.3) is 0 Å². The Kier molecular flexibility index (Phi) is 5.69. The molecule has 0 amide bonds. The lowest BCUT2D eigenvalue weighted by Gasteiger charge is -2.27. The number of hydrogen-bond acceptors (Lipinski definition) is 3. The summed E-state index contributed by atoms with van der Waals surface area (Å²) >= 11 is 0. The maximum absolute atomic E-state index is 11.8. The number of alkyl halides is 3. The Morgan fingerprint density at radius 1 is 1.12 bits per heavy atom. The number of ether oxygens (including phenoxy) is 2. The van der Waals surface area contributed by atoms with E-state index in [2.05, 4.69) is 4.74 Å². The summed E-state index contributed by atoms with van der Waals surface area (Å²) in [5.74, 6) is 0. The first-order valence-electron chi connectivity index (χ1n) is 5.96. The van der Waals surface area contributed by atoms with Gasteiger partial charge in [0.15, 0.2) is 0 Å². The van der Waals surface area contributed by atoms with Gasteiger partial charge in [0, 0.05) is 19.8 Å². The molecule has 0 aliphatic heterocycles. The smallest absolute Gasteiger partial charge is 0.374 e. The Morgan fingerprint density at radius 2 is 1.76 bits per heavy atom. The van der Waals surface area contributed by atoms with Crippen LogP contribution in [-0.4, -0.2) is 38.1 Å². The van der Waals surface area contributed by atoms with Crippen LogP contribution in [-0.2, 0) is 9.47 Å². The Balaban J connectivity index is 2.04. The zero-order chi connectivity index (χ0) is 12.8. The lowest BCUT2D eigenvalue weighted by Crippen LogP contribution is -2.38. The normalized spacial score (nSPS) is 19.8. The van der Waals surface area contributed by atoms with E-state index in [1.165, 1.54) is 0 Å². The minimum atomic E-state index is -4.25. The molecule has 0 unspecified atom stereocenters. The second-order valence-electron chi connectivity index (χ2n) is 4.46. The van der Waals surface area contributed by atoms with E-state index in [0.29, 0.717) is 19.6 Å². The van der Waals surface area contributed by atoms with Crippen molar-refractivity contribution < 1.29 is 22.6 Å². The molecule has 0 aromatic carbocycles. The Morgan fingerprint density at radius 3 is 2.29 bits per heavy atom. The van der Waals surface area contributed by atoms with E-state index >= 15 is 0 Å². The summed E-state index contributed by atoms with van der Waals surface area (Å²) in [5.41, 5.74) is 5.43. The first-order chi connectivity index (χ1) is 7.97. The van der Waals surface area contributed by atoms with Gasteiger partial charge in [0.25, 0.3) is 0 Å². The maximum atomic E-state index is 11.8. The quantitative estimate of drug-likeness (QED) is 0.710. The highest BCUT2D eigenvalue weighted by molar-refractivity contribution is 4.87. The van der Waals surface area contributed by atoms with E-state index in [1.54, 1.807) is 0 Å². The maximum Gasteiger partial charge on any atom is 0.411 e. The molecule has 102 valence electrons. The molecule has 1 aliphatic carbocycles. The van der Waals surface area contributed by atoms with Gasteiger partial charge in [-0.3, -0.25) is 0 Å². The lowest BCUT2D eigenvalue weighted by molar-refractivity contribution is -0.175. The largest absolute Gasteiger partial charge is 0.411 e. The van der Waals surface area contributed by atoms with Crippen LogP contribution >= 0.6 is 0 Å². The van der Waals surface area contributed by atoms with Crippen LogP contribution in [0.4, 0.5) is 13.2 Å². The fraction of sp³-hybridized carbons (Fsp3) is 1.00. The van der Waals surface area contributed by atoms with Crippen LogP contribution in [0, 0.1) is 0 Å². The zero-order valence-electron chi connectivity index (χ0n) is 9.89. The SMILES string of the molecule is NCC1(OCCCOCC(F)(F)F)CCCC1. The summed E-state index contributed by atoms with van der Waals surface area (Å²) in [4.78, 5) is 0. The standard InChI is InChI=1S/C11H20F3NO2/c12-11(13,14)9-16-6-3-7-17-10(8-15)4-1-2-5-10/h1-9,15H2. The molecule has 3 nitrogen and oxygen atoms in total. The molecule has 1 fully saturated rings. The number of halogens is 3. The lowest BCUT2D eigenvalue weighted by atomic mass is 10.0. The first kappa shape index (κ1) is 14.7. The van der Waals surface area contributed by atoms with E-state index in [9.17, 15) is 13.2 Å². The predicted molar refractivity (Wildman–Crippen MR) is 57.7 cm³/mol. The Bertz CT molecular complexity index is 215. The average molecular weight is 255 g/mol. The Labute approximate surface area is 99.4 Å². The minimum Gasteiger partial charge on any atom is -0.374 e. The number of hydrogen-bond donors (Lipinski definition) is 1. The van der Waals surface area contributed by atoms with Gasteiger partial charge in [0.1, 0.15) is 6.61 Å². The molecule has 6 heteroatoms. The van der Waals surface area contributed by atoms with Crippen molar-refractivity contribution in [3.63, 3.8) is 0 Å². The molecular formula is C11H20F3NO2. The van der Waals surface area contributed by atoms with E-state index in [-0.39, 0.29) is 12.2 Å². The first-order valence-corrected chi connectivity index (χ1v) is 5.96. The van der Waals surface area contributed by atoms with Crippen molar-refractivity contribution in [3.05, 3.63) is 0 Å². The van der Waals surface area contributed by atoms with Gasteiger partial charge in [0.2, 0.25) is 0 Å². The van der Waals surface area contributed by atoms with Crippen molar-refractivity contribution in [2.75, 3.05) is 26.4 Å². The summed E-state index contributed by atoms with van der Waals surface area (Å²) < 4.78 is 45.4. The van der Waals surface area contributed by atoms with Gasteiger partial charge >= 0.3 is 6.18 Å². The molecule has 0 saturated heterocycles. The summed E-state index contributed by atoms with van der Waals surface area (Å²) in [6.07, 6.45) is 0.353. The summed E-state index contributed by atoms with van der Waals surface area (Å²) in [7, 11) is 0. The summed E-state index contributed by atoms with van der Waals surface area (Å²) in [6, 6.07) is 0. The third-order valence-electron chi connectivity index (χ3n) is 2.99. The minimum absolute atomic E-state index is 0.0696. The van der Waals surface area contributed by atoms with Gasteiger partial charge in [-0.15, -0.1) is 0 Å². The van der Waals surface area contributed by atoms with Gasteiger partial charge in [-0.1, -0.05) is 12.8 Å². The molecule has 0 atom stereocenters. The number of rotatable bonds is 7. The second kappa shape index (κ2) is 6.56. The molecule has 0 heterocycles. The average Bonchev–Trinajstić information content (AvgIpc) is 2.71. The highest BCUT2D eigenvalue weighted by Crippen LogP contribution is 2.32. The van der Waals surface area contributed by atoms with E-state index in [4.69, 9.17) is 10.5 Å². The van der Waals surface area contributed by atoms with Crippen molar-refractivity contribution in [1.29, 1.82) is 0 Å². The van der Waals surface area contributed by atoms with Crippen LogP contribution in [0.3, 0.4) is 0 Å². The molecule has 0 bridgehead atoms. The molecule has 0 aromatic rings. The molecular weight excluding hydrogens is 235 g/mol. The van der Waals surface area contributed by atoms with Crippen molar-refractivity contribution in [2.45, 2.75) is 43.9 Å². The van der Waals surface area contributed by atoms with Crippen LogP contribution < -0.4 is 5.73 Å².